The van der Waals surface area contributed by atoms with E-state index in [9.17, 15) is 9.90 Å². The first-order valence-corrected chi connectivity index (χ1v) is 11.6. The molecule has 0 amide bonds. The number of likely N-dealkylation sites (tertiary alicyclic amines) is 1. The Kier molecular flexibility index (Phi) is 7.28. The Labute approximate surface area is 190 Å². The number of aryl methyl sites for hydroxylation is 2. The van der Waals surface area contributed by atoms with Crippen molar-refractivity contribution in [2.24, 2.45) is 0 Å². The average molecular weight is 436 g/mol. The molecular formula is C27H33NO4. The van der Waals surface area contributed by atoms with Gasteiger partial charge in [-0.3, -0.25) is 4.79 Å². The maximum atomic E-state index is 11.3. The first-order valence-electron chi connectivity index (χ1n) is 11.6. The molecule has 1 atom stereocenters. The Morgan fingerprint density at radius 1 is 1.12 bits per heavy atom. The van der Waals surface area contributed by atoms with E-state index in [0.29, 0.717) is 36.8 Å². The third-order valence-electron chi connectivity index (χ3n) is 6.55. The standard InChI is InChI=1S/C27H33NO4/c1-19-7-8-22(15-20(19)2)21-11-13-28(14-12-21)17-24(29)18-31-26-6-4-3-5-23(26)16-25-9-10-27(30)32-25/h3-8,15-16,21,24,29H,9-14,17-18H2,1-2H3. The molecule has 170 valence electrons. The number of rotatable bonds is 7. The molecule has 0 aliphatic carbocycles. The first kappa shape index (κ1) is 22.6. The van der Waals surface area contributed by atoms with Gasteiger partial charge in [0.15, 0.2) is 0 Å². The highest BCUT2D eigenvalue weighted by Gasteiger charge is 2.23. The van der Waals surface area contributed by atoms with Crippen LogP contribution < -0.4 is 4.74 Å². The summed E-state index contributed by atoms with van der Waals surface area (Å²) in [6, 6.07) is 14.5. The summed E-state index contributed by atoms with van der Waals surface area (Å²) >= 11 is 0. The number of para-hydroxylation sites is 1. The summed E-state index contributed by atoms with van der Waals surface area (Å²) in [5, 5.41) is 10.6. The number of β-amino-alcohol motifs (C(OH)–C–C–N with tert-alkyl or cyclic N) is 1. The molecule has 0 saturated carbocycles. The van der Waals surface area contributed by atoms with Crippen molar-refractivity contribution >= 4 is 12.0 Å². The van der Waals surface area contributed by atoms with Crippen molar-refractivity contribution in [3.05, 3.63) is 70.5 Å². The monoisotopic (exact) mass is 435 g/mol. The van der Waals surface area contributed by atoms with Crippen LogP contribution in [0.25, 0.3) is 6.08 Å². The van der Waals surface area contributed by atoms with Crippen LogP contribution in [0.4, 0.5) is 0 Å². The van der Waals surface area contributed by atoms with Gasteiger partial charge in [-0.2, -0.15) is 0 Å². The number of piperidine rings is 1. The lowest BCUT2D eigenvalue weighted by Crippen LogP contribution is -2.40. The zero-order chi connectivity index (χ0) is 22.5. The van der Waals surface area contributed by atoms with Crippen LogP contribution in [-0.2, 0) is 9.53 Å². The van der Waals surface area contributed by atoms with Gasteiger partial charge in [-0.25, -0.2) is 0 Å². The minimum atomic E-state index is -0.557. The molecule has 0 radical (unpaired) electrons. The number of carbonyl (C=O) groups excluding carboxylic acids is 1. The van der Waals surface area contributed by atoms with Gasteiger partial charge in [-0.1, -0.05) is 36.4 Å². The Morgan fingerprint density at radius 3 is 2.62 bits per heavy atom. The first-order chi connectivity index (χ1) is 15.5. The number of aliphatic hydroxyl groups excluding tert-OH is 1. The highest BCUT2D eigenvalue weighted by atomic mass is 16.5. The van der Waals surface area contributed by atoms with Crippen LogP contribution in [-0.4, -0.2) is 48.3 Å². The Morgan fingerprint density at radius 2 is 1.91 bits per heavy atom. The number of ether oxygens (including phenoxy) is 2. The van der Waals surface area contributed by atoms with E-state index in [2.05, 4.69) is 36.9 Å². The molecule has 2 aromatic rings. The van der Waals surface area contributed by atoms with Gasteiger partial charge >= 0.3 is 5.97 Å². The molecule has 2 aliphatic heterocycles. The minimum absolute atomic E-state index is 0.189. The van der Waals surface area contributed by atoms with Gasteiger partial charge in [0.1, 0.15) is 24.2 Å². The summed E-state index contributed by atoms with van der Waals surface area (Å²) in [6.45, 7) is 7.16. The van der Waals surface area contributed by atoms with E-state index in [-0.39, 0.29) is 12.6 Å². The van der Waals surface area contributed by atoms with Crippen molar-refractivity contribution in [1.82, 2.24) is 4.90 Å². The van der Waals surface area contributed by atoms with Crippen molar-refractivity contribution < 1.29 is 19.4 Å². The quantitative estimate of drug-likeness (QED) is 0.644. The molecule has 5 nitrogen and oxygen atoms in total. The van der Waals surface area contributed by atoms with Crippen molar-refractivity contribution in [1.29, 1.82) is 0 Å². The molecule has 5 heteroatoms. The van der Waals surface area contributed by atoms with E-state index in [0.717, 1.165) is 31.5 Å². The zero-order valence-corrected chi connectivity index (χ0v) is 19.0. The Bertz CT molecular complexity index is 975. The number of esters is 1. The van der Waals surface area contributed by atoms with Crippen molar-refractivity contribution in [2.75, 3.05) is 26.2 Å². The molecule has 2 saturated heterocycles. The van der Waals surface area contributed by atoms with Crippen LogP contribution in [0.15, 0.2) is 48.2 Å². The minimum Gasteiger partial charge on any atom is -0.490 e. The number of nitrogens with zero attached hydrogens (tertiary/aromatic N) is 1. The lowest BCUT2D eigenvalue weighted by molar-refractivity contribution is -0.135. The third kappa shape index (κ3) is 5.78. The summed E-state index contributed by atoms with van der Waals surface area (Å²) in [5.74, 6) is 1.77. The van der Waals surface area contributed by atoms with Crippen molar-refractivity contribution in [2.45, 2.75) is 51.6 Å². The highest BCUT2D eigenvalue weighted by molar-refractivity contribution is 5.75. The fraction of sp³-hybridized carbons (Fsp3) is 0.444. The van der Waals surface area contributed by atoms with E-state index in [1.807, 2.05) is 30.3 Å². The van der Waals surface area contributed by atoms with Crippen LogP contribution in [0.2, 0.25) is 0 Å². The Balaban J connectivity index is 1.26. The number of hydrogen-bond acceptors (Lipinski definition) is 5. The predicted octanol–water partition coefficient (Wildman–Crippen LogP) is 4.60. The van der Waals surface area contributed by atoms with Crippen LogP contribution in [0.5, 0.6) is 5.75 Å². The van der Waals surface area contributed by atoms with Gasteiger partial charge in [-0.15, -0.1) is 0 Å². The second-order valence-corrected chi connectivity index (χ2v) is 9.01. The second-order valence-electron chi connectivity index (χ2n) is 9.01. The topological polar surface area (TPSA) is 59.0 Å². The summed E-state index contributed by atoms with van der Waals surface area (Å²) in [7, 11) is 0. The van der Waals surface area contributed by atoms with Gasteiger partial charge < -0.3 is 19.5 Å². The van der Waals surface area contributed by atoms with E-state index in [1.54, 1.807) is 0 Å². The molecule has 0 spiro atoms. The van der Waals surface area contributed by atoms with Gasteiger partial charge in [0.2, 0.25) is 0 Å². The smallest absolute Gasteiger partial charge is 0.311 e. The predicted molar refractivity (Wildman–Crippen MR) is 126 cm³/mol. The SMILES string of the molecule is Cc1ccc(C2CCN(CC(O)COc3ccccc3C=C3CCC(=O)O3)CC2)cc1C. The average Bonchev–Trinajstić information content (AvgIpc) is 3.20. The van der Waals surface area contributed by atoms with E-state index in [4.69, 9.17) is 9.47 Å². The van der Waals surface area contributed by atoms with Crippen LogP contribution in [0.1, 0.15) is 53.9 Å². The maximum absolute atomic E-state index is 11.3. The number of aliphatic hydroxyl groups is 1. The van der Waals surface area contributed by atoms with Gasteiger partial charge in [-0.05, 0) is 74.5 Å². The molecule has 1 unspecified atom stereocenters. The van der Waals surface area contributed by atoms with E-state index in [1.165, 1.54) is 16.7 Å². The van der Waals surface area contributed by atoms with Gasteiger partial charge in [0, 0.05) is 18.5 Å². The summed E-state index contributed by atoms with van der Waals surface area (Å²) in [5.41, 5.74) is 5.00. The molecule has 2 aliphatic rings. The number of carbonyl (C=O) groups is 1. The van der Waals surface area contributed by atoms with Gasteiger partial charge in [0.25, 0.3) is 0 Å². The van der Waals surface area contributed by atoms with E-state index >= 15 is 0 Å². The number of cyclic esters (lactones) is 1. The largest absolute Gasteiger partial charge is 0.490 e. The Hall–Kier alpha value is -2.63. The molecule has 1 N–H and O–H groups in total. The molecule has 2 heterocycles. The molecular weight excluding hydrogens is 402 g/mol. The number of allylic oxidation sites excluding steroid dienone is 1. The maximum Gasteiger partial charge on any atom is 0.311 e. The molecule has 2 fully saturated rings. The van der Waals surface area contributed by atoms with Gasteiger partial charge in [0.05, 0.1) is 6.42 Å². The fourth-order valence-corrected chi connectivity index (χ4v) is 4.48. The van der Waals surface area contributed by atoms with Crippen molar-refractivity contribution in [3.8, 4) is 5.75 Å². The highest BCUT2D eigenvalue weighted by Crippen LogP contribution is 2.30. The van der Waals surface area contributed by atoms with Crippen LogP contribution in [0.3, 0.4) is 0 Å². The molecule has 32 heavy (non-hydrogen) atoms. The zero-order valence-electron chi connectivity index (χ0n) is 19.0. The summed E-state index contributed by atoms with van der Waals surface area (Å²) in [6.07, 6.45) is 4.57. The molecule has 0 bridgehead atoms. The lowest BCUT2D eigenvalue weighted by Gasteiger charge is -2.33. The summed E-state index contributed by atoms with van der Waals surface area (Å²) < 4.78 is 11.1. The van der Waals surface area contributed by atoms with Crippen LogP contribution in [0, 0.1) is 13.8 Å². The van der Waals surface area contributed by atoms with Crippen LogP contribution >= 0.6 is 0 Å². The third-order valence-corrected chi connectivity index (χ3v) is 6.55. The molecule has 4 rings (SSSR count). The summed E-state index contributed by atoms with van der Waals surface area (Å²) in [4.78, 5) is 13.7. The molecule has 0 aromatic heterocycles. The van der Waals surface area contributed by atoms with E-state index < -0.39 is 6.10 Å². The second kappa shape index (κ2) is 10.3. The normalized spacial score (nSPS) is 19.8. The number of hydrogen-bond donors (Lipinski definition) is 1. The molecule has 2 aromatic carbocycles. The lowest BCUT2D eigenvalue weighted by atomic mass is 9.88. The number of benzene rings is 2. The van der Waals surface area contributed by atoms with Crippen molar-refractivity contribution in [3.63, 3.8) is 0 Å². The fourth-order valence-electron chi connectivity index (χ4n) is 4.48.